The van der Waals surface area contributed by atoms with Crippen LogP contribution in [0.5, 0.6) is 0 Å². The Labute approximate surface area is 183 Å². The predicted molar refractivity (Wildman–Crippen MR) is 120 cm³/mol. The molecule has 3 aromatic rings. The normalized spacial score (nSPS) is 14.3. The van der Waals surface area contributed by atoms with Gasteiger partial charge in [0, 0.05) is 17.9 Å². The number of benzene rings is 2. The molecule has 0 bridgehead atoms. The number of nitrogens with zero attached hydrogens (tertiary/aromatic N) is 3. The Morgan fingerprint density at radius 1 is 1.23 bits per heavy atom. The van der Waals surface area contributed by atoms with Crippen LogP contribution in [0.25, 0.3) is 11.5 Å². The summed E-state index contributed by atoms with van der Waals surface area (Å²) >= 11 is 0. The lowest BCUT2D eigenvalue weighted by Gasteiger charge is -2.21. The molecule has 9 heteroatoms. The molecule has 3 N–H and O–H groups in total. The molecule has 2 aromatic carbocycles. The number of aromatic nitrogens is 2. The monoisotopic (exact) mass is 442 g/mol. The molecule has 0 aliphatic carbocycles. The van der Waals surface area contributed by atoms with E-state index in [0.717, 1.165) is 5.56 Å². The SMILES string of the molecule is CC(C)S(=O)N(C)c1cc(C(=O)O)cc(-c2nnc([C@](C)(N)Cc3ccccc3)o2)c1. The maximum atomic E-state index is 12.5. The van der Waals surface area contributed by atoms with Crippen molar-refractivity contribution in [2.75, 3.05) is 11.4 Å². The van der Waals surface area contributed by atoms with Gasteiger partial charge in [-0.05, 0) is 51.0 Å². The molecule has 0 aliphatic heterocycles. The average molecular weight is 443 g/mol. The van der Waals surface area contributed by atoms with Crippen molar-refractivity contribution in [2.45, 2.75) is 38.0 Å². The van der Waals surface area contributed by atoms with E-state index in [1.165, 1.54) is 16.4 Å². The van der Waals surface area contributed by atoms with Crippen LogP contribution in [0.2, 0.25) is 0 Å². The van der Waals surface area contributed by atoms with Gasteiger partial charge in [-0.25, -0.2) is 9.00 Å². The van der Waals surface area contributed by atoms with Crippen molar-refractivity contribution in [3.8, 4) is 11.5 Å². The molecule has 1 unspecified atom stereocenters. The molecule has 1 aromatic heterocycles. The van der Waals surface area contributed by atoms with Crippen molar-refractivity contribution >= 4 is 22.6 Å². The van der Waals surface area contributed by atoms with Crippen LogP contribution in [-0.4, -0.2) is 37.8 Å². The van der Waals surface area contributed by atoms with Gasteiger partial charge in [0.05, 0.1) is 16.8 Å². The molecule has 2 atom stereocenters. The van der Waals surface area contributed by atoms with Gasteiger partial charge in [0.1, 0.15) is 11.0 Å². The Bertz CT molecular complexity index is 1100. The van der Waals surface area contributed by atoms with E-state index >= 15 is 0 Å². The first-order valence-corrected chi connectivity index (χ1v) is 11.0. The van der Waals surface area contributed by atoms with Gasteiger partial charge in [0.25, 0.3) is 0 Å². The first kappa shape index (κ1) is 22.6. The molecule has 0 saturated heterocycles. The fraction of sp³-hybridized carbons (Fsp3) is 0.318. The zero-order chi connectivity index (χ0) is 22.8. The maximum Gasteiger partial charge on any atom is 0.335 e. The van der Waals surface area contributed by atoms with E-state index in [-0.39, 0.29) is 22.6 Å². The Balaban J connectivity index is 1.97. The highest BCUT2D eigenvalue weighted by Crippen LogP contribution is 2.30. The minimum absolute atomic E-state index is 0.0275. The van der Waals surface area contributed by atoms with Crippen LogP contribution in [0.4, 0.5) is 5.69 Å². The van der Waals surface area contributed by atoms with Gasteiger partial charge >= 0.3 is 5.97 Å². The van der Waals surface area contributed by atoms with Crippen molar-refractivity contribution < 1.29 is 18.5 Å². The summed E-state index contributed by atoms with van der Waals surface area (Å²) in [7, 11) is 0.318. The molecular weight excluding hydrogens is 416 g/mol. The van der Waals surface area contributed by atoms with Gasteiger partial charge in [-0.3, -0.25) is 4.31 Å². The third kappa shape index (κ3) is 5.18. The zero-order valence-electron chi connectivity index (χ0n) is 17.9. The van der Waals surface area contributed by atoms with E-state index in [9.17, 15) is 14.1 Å². The molecule has 1 heterocycles. The summed E-state index contributed by atoms with van der Waals surface area (Å²) in [4.78, 5) is 11.6. The molecule has 0 aliphatic rings. The molecule has 0 radical (unpaired) electrons. The molecular formula is C22H26N4O4S. The fourth-order valence-corrected chi connectivity index (χ4v) is 4.07. The van der Waals surface area contributed by atoms with Gasteiger partial charge in [-0.2, -0.15) is 0 Å². The van der Waals surface area contributed by atoms with E-state index in [1.54, 1.807) is 20.0 Å². The first-order valence-electron chi connectivity index (χ1n) is 9.78. The minimum Gasteiger partial charge on any atom is -0.478 e. The molecule has 0 amide bonds. The van der Waals surface area contributed by atoms with E-state index < -0.39 is 22.5 Å². The topological polar surface area (TPSA) is 123 Å². The van der Waals surface area contributed by atoms with Gasteiger partial charge < -0.3 is 15.3 Å². The predicted octanol–water partition coefficient (Wildman–Crippen LogP) is 3.36. The second kappa shape index (κ2) is 8.99. The largest absolute Gasteiger partial charge is 0.478 e. The Hall–Kier alpha value is -3.04. The molecule has 8 nitrogen and oxygen atoms in total. The lowest BCUT2D eigenvalue weighted by Crippen LogP contribution is -2.35. The molecule has 164 valence electrons. The average Bonchev–Trinajstić information content (AvgIpc) is 3.24. The number of carbonyl (C=O) groups is 1. The zero-order valence-corrected chi connectivity index (χ0v) is 18.7. The quantitative estimate of drug-likeness (QED) is 0.548. The summed E-state index contributed by atoms with van der Waals surface area (Å²) < 4.78 is 19.9. The van der Waals surface area contributed by atoms with Crippen LogP contribution < -0.4 is 10.0 Å². The number of hydrogen-bond donors (Lipinski definition) is 2. The number of hydrogen-bond acceptors (Lipinski definition) is 6. The molecule has 3 rings (SSSR count). The third-order valence-corrected chi connectivity index (χ3v) is 6.33. The summed E-state index contributed by atoms with van der Waals surface area (Å²) in [6, 6.07) is 14.3. The lowest BCUT2D eigenvalue weighted by molar-refractivity contribution is 0.0697. The summed E-state index contributed by atoms with van der Waals surface area (Å²) in [5, 5.41) is 17.6. The second-order valence-corrected chi connectivity index (χ2v) is 9.93. The van der Waals surface area contributed by atoms with Crippen LogP contribution >= 0.6 is 0 Å². The Morgan fingerprint density at radius 2 is 1.90 bits per heavy atom. The van der Waals surface area contributed by atoms with Crippen LogP contribution in [-0.2, 0) is 22.9 Å². The van der Waals surface area contributed by atoms with Crippen molar-refractivity contribution in [3.05, 3.63) is 65.5 Å². The van der Waals surface area contributed by atoms with E-state index in [2.05, 4.69) is 10.2 Å². The summed E-state index contributed by atoms with van der Waals surface area (Å²) in [5.41, 5.74) is 7.49. The number of aromatic carboxylic acids is 1. The van der Waals surface area contributed by atoms with Gasteiger partial charge in [-0.1, -0.05) is 30.3 Å². The van der Waals surface area contributed by atoms with Crippen LogP contribution in [0, 0.1) is 0 Å². The summed E-state index contributed by atoms with van der Waals surface area (Å²) in [6.07, 6.45) is 0.492. The van der Waals surface area contributed by atoms with E-state index in [0.29, 0.717) is 17.7 Å². The standard InChI is InChI=1S/C22H26N4O4S/c1-14(2)31(29)26(4)18-11-16(10-17(12-18)20(27)28)19-24-25-21(30-19)22(3,23)13-15-8-6-5-7-9-15/h5-12,14H,13,23H2,1-4H3,(H,27,28)/t22-,31?/m1/s1. The first-order chi connectivity index (χ1) is 14.6. The number of rotatable bonds is 8. The smallest absolute Gasteiger partial charge is 0.335 e. The third-order valence-electron chi connectivity index (χ3n) is 4.78. The molecule has 0 spiro atoms. The second-order valence-electron chi connectivity index (χ2n) is 7.89. The molecule has 0 saturated carbocycles. The van der Waals surface area contributed by atoms with E-state index in [4.69, 9.17) is 10.2 Å². The Morgan fingerprint density at radius 3 is 2.52 bits per heavy atom. The van der Waals surface area contributed by atoms with Crippen molar-refractivity contribution in [1.29, 1.82) is 0 Å². The number of carboxylic acid groups (broad SMARTS) is 1. The molecule has 31 heavy (non-hydrogen) atoms. The van der Waals surface area contributed by atoms with Crippen LogP contribution in [0.3, 0.4) is 0 Å². The molecule has 0 fully saturated rings. The van der Waals surface area contributed by atoms with Crippen LogP contribution in [0.15, 0.2) is 52.9 Å². The van der Waals surface area contributed by atoms with Gasteiger partial charge in [0.15, 0.2) is 0 Å². The fourth-order valence-electron chi connectivity index (χ4n) is 3.13. The highest BCUT2D eigenvalue weighted by Gasteiger charge is 2.29. The van der Waals surface area contributed by atoms with Gasteiger partial charge in [-0.15, -0.1) is 10.2 Å². The highest BCUT2D eigenvalue weighted by molar-refractivity contribution is 7.87. The highest BCUT2D eigenvalue weighted by atomic mass is 32.2. The van der Waals surface area contributed by atoms with Crippen molar-refractivity contribution in [1.82, 2.24) is 10.2 Å². The van der Waals surface area contributed by atoms with Gasteiger partial charge in [0.2, 0.25) is 11.8 Å². The van der Waals surface area contributed by atoms with Crippen molar-refractivity contribution in [3.63, 3.8) is 0 Å². The Kier molecular flexibility index (Phi) is 6.56. The summed E-state index contributed by atoms with van der Waals surface area (Å²) in [6.45, 7) is 5.46. The summed E-state index contributed by atoms with van der Waals surface area (Å²) in [5.74, 6) is -0.722. The van der Waals surface area contributed by atoms with Crippen molar-refractivity contribution in [2.24, 2.45) is 5.73 Å². The van der Waals surface area contributed by atoms with Crippen LogP contribution in [0.1, 0.15) is 42.6 Å². The lowest BCUT2D eigenvalue weighted by atomic mass is 9.94. The number of carboxylic acids is 1. The minimum atomic E-state index is -1.33. The number of anilines is 1. The maximum absolute atomic E-state index is 12.5. The number of nitrogens with two attached hydrogens (primary N) is 1. The van der Waals surface area contributed by atoms with E-state index in [1.807, 2.05) is 44.2 Å².